The van der Waals surface area contributed by atoms with Gasteiger partial charge in [0.1, 0.15) is 0 Å². The summed E-state index contributed by atoms with van der Waals surface area (Å²) in [6.45, 7) is 7.37. The first-order valence-electron chi connectivity index (χ1n) is 8.20. The van der Waals surface area contributed by atoms with Crippen molar-refractivity contribution in [3.05, 3.63) is 29.3 Å². The summed E-state index contributed by atoms with van der Waals surface area (Å²) in [4.78, 5) is 0. The van der Waals surface area contributed by atoms with E-state index in [9.17, 15) is 5.11 Å². The number of hydrogen-bond donors (Lipinski definition) is 2. The van der Waals surface area contributed by atoms with Crippen molar-refractivity contribution in [2.45, 2.75) is 58.7 Å². The molecule has 2 N–H and O–H groups in total. The number of hydrogen-bond acceptors (Lipinski definition) is 3. The molecule has 0 radical (unpaired) electrons. The van der Waals surface area contributed by atoms with Gasteiger partial charge in [0.25, 0.3) is 0 Å². The summed E-state index contributed by atoms with van der Waals surface area (Å²) in [6, 6.07) is 6.54. The highest BCUT2D eigenvalue weighted by Crippen LogP contribution is 2.24. The number of aliphatic hydroxyl groups excluding tert-OH is 1. The molecular formula is C18H29NO2. The average molecular weight is 291 g/mol. The maximum absolute atomic E-state index is 10.00. The largest absolute Gasteiger partial charge is 0.389 e. The average Bonchev–Trinajstić information content (AvgIpc) is 2.89. The Kier molecular flexibility index (Phi) is 6.07. The highest BCUT2D eigenvalue weighted by atomic mass is 16.5. The third-order valence-corrected chi connectivity index (χ3v) is 4.02. The van der Waals surface area contributed by atoms with Crippen LogP contribution < -0.4 is 5.32 Å². The van der Waals surface area contributed by atoms with Crippen LogP contribution in [0.25, 0.3) is 0 Å². The minimum absolute atomic E-state index is 0.208. The predicted octanol–water partition coefficient (Wildman–Crippen LogP) is 3.40. The van der Waals surface area contributed by atoms with Crippen molar-refractivity contribution in [1.29, 1.82) is 0 Å². The second-order valence-electron chi connectivity index (χ2n) is 6.65. The van der Waals surface area contributed by atoms with Gasteiger partial charge in [-0.05, 0) is 61.8 Å². The number of nitrogens with one attached hydrogen (secondary N) is 1. The smallest absolute Gasteiger partial charge is 0.0945 e. The quantitative estimate of drug-likeness (QED) is 0.771. The summed E-state index contributed by atoms with van der Waals surface area (Å²) in [5.41, 5.74) is 4.04. The second-order valence-corrected chi connectivity index (χ2v) is 6.65. The van der Waals surface area contributed by atoms with E-state index in [-0.39, 0.29) is 6.10 Å². The molecule has 0 saturated heterocycles. The fourth-order valence-electron chi connectivity index (χ4n) is 2.98. The molecule has 0 bridgehead atoms. The molecule has 0 aromatic heterocycles. The second kappa shape index (κ2) is 7.81. The molecule has 118 valence electrons. The lowest BCUT2D eigenvalue weighted by Crippen LogP contribution is -2.27. The topological polar surface area (TPSA) is 41.5 Å². The van der Waals surface area contributed by atoms with E-state index < -0.39 is 6.10 Å². The van der Waals surface area contributed by atoms with Gasteiger partial charge >= 0.3 is 0 Å². The van der Waals surface area contributed by atoms with E-state index in [1.807, 2.05) is 0 Å². The van der Waals surface area contributed by atoms with Crippen LogP contribution in [0.15, 0.2) is 18.2 Å². The molecule has 1 aliphatic carbocycles. The Labute approximate surface area is 128 Å². The van der Waals surface area contributed by atoms with E-state index in [1.165, 1.54) is 30.4 Å². The van der Waals surface area contributed by atoms with Gasteiger partial charge in [-0.15, -0.1) is 0 Å². The molecule has 1 aliphatic rings. The van der Waals surface area contributed by atoms with Gasteiger partial charge < -0.3 is 15.2 Å². The van der Waals surface area contributed by atoms with Crippen molar-refractivity contribution >= 4 is 5.69 Å². The monoisotopic (exact) mass is 291 g/mol. The lowest BCUT2D eigenvalue weighted by Gasteiger charge is -2.18. The van der Waals surface area contributed by atoms with Crippen LogP contribution in [0.1, 0.15) is 44.7 Å². The van der Waals surface area contributed by atoms with E-state index in [4.69, 9.17) is 4.74 Å². The number of fused-ring (bicyclic) bond motifs is 1. The van der Waals surface area contributed by atoms with Gasteiger partial charge in [-0.2, -0.15) is 0 Å². The molecule has 1 aromatic rings. The van der Waals surface area contributed by atoms with Gasteiger partial charge in [-0.1, -0.05) is 19.9 Å². The molecule has 0 aliphatic heterocycles. The molecule has 1 aromatic carbocycles. The number of ether oxygens (including phenoxy) is 1. The Bertz CT molecular complexity index is 445. The van der Waals surface area contributed by atoms with E-state index in [1.54, 1.807) is 0 Å². The minimum Gasteiger partial charge on any atom is -0.389 e. The first-order valence-corrected chi connectivity index (χ1v) is 8.20. The molecule has 3 nitrogen and oxygen atoms in total. The van der Waals surface area contributed by atoms with Gasteiger partial charge in [0.05, 0.1) is 18.8 Å². The highest BCUT2D eigenvalue weighted by Gasteiger charge is 2.12. The first-order chi connectivity index (χ1) is 10.0. The summed E-state index contributed by atoms with van der Waals surface area (Å²) >= 11 is 0. The van der Waals surface area contributed by atoms with Crippen LogP contribution in [0.4, 0.5) is 5.69 Å². The molecular weight excluding hydrogens is 262 g/mol. The third kappa shape index (κ3) is 5.33. The summed E-state index contributed by atoms with van der Waals surface area (Å²) in [7, 11) is 0. The molecule has 0 fully saturated rings. The lowest BCUT2D eigenvalue weighted by atomic mass is 10.1. The fraction of sp³-hybridized carbons (Fsp3) is 0.667. The van der Waals surface area contributed by atoms with Crippen LogP contribution in [-0.2, 0) is 17.6 Å². The number of anilines is 1. The minimum atomic E-state index is -0.465. The summed E-state index contributed by atoms with van der Waals surface area (Å²) in [5, 5.41) is 13.3. The van der Waals surface area contributed by atoms with E-state index in [0.717, 1.165) is 12.1 Å². The molecule has 21 heavy (non-hydrogen) atoms. The zero-order chi connectivity index (χ0) is 15.2. The van der Waals surface area contributed by atoms with Gasteiger partial charge in [0, 0.05) is 12.2 Å². The summed E-state index contributed by atoms with van der Waals surface area (Å²) < 4.78 is 5.69. The fourth-order valence-corrected chi connectivity index (χ4v) is 2.98. The van der Waals surface area contributed by atoms with E-state index >= 15 is 0 Å². The van der Waals surface area contributed by atoms with Crippen molar-refractivity contribution in [2.24, 2.45) is 5.92 Å². The molecule has 0 heterocycles. The Balaban J connectivity index is 1.70. The van der Waals surface area contributed by atoms with E-state index in [0.29, 0.717) is 19.1 Å². The number of aliphatic hydroxyl groups is 1. The summed E-state index contributed by atoms with van der Waals surface area (Å²) in [5.74, 6) is 0.627. The van der Waals surface area contributed by atoms with Crippen molar-refractivity contribution in [3.63, 3.8) is 0 Å². The highest BCUT2D eigenvalue weighted by molar-refractivity contribution is 5.50. The maximum Gasteiger partial charge on any atom is 0.0945 e. The van der Waals surface area contributed by atoms with Crippen molar-refractivity contribution < 1.29 is 9.84 Å². The molecule has 2 atom stereocenters. The standard InChI is InChI=1S/C18H29NO2/c1-13(2)9-14(3)21-12-18(20)11-19-17-8-7-15-5-4-6-16(15)10-17/h7-8,10,13-14,18-20H,4-6,9,11-12H2,1-3H3. The Morgan fingerprint density at radius 3 is 2.71 bits per heavy atom. The Hall–Kier alpha value is -1.06. The number of rotatable bonds is 8. The van der Waals surface area contributed by atoms with Crippen molar-refractivity contribution in [3.8, 4) is 0 Å². The third-order valence-electron chi connectivity index (χ3n) is 4.02. The van der Waals surface area contributed by atoms with Crippen LogP contribution in [0.5, 0.6) is 0 Å². The SMILES string of the molecule is CC(C)CC(C)OCC(O)CNc1ccc2c(c1)CCC2. The number of aryl methyl sites for hydroxylation is 2. The molecule has 0 amide bonds. The lowest BCUT2D eigenvalue weighted by molar-refractivity contribution is -0.00443. The van der Waals surface area contributed by atoms with Crippen molar-refractivity contribution in [1.82, 2.24) is 0 Å². The van der Waals surface area contributed by atoms with Crippen LogP contribution in [0, 0.1) is 5.92 Å². The van der Waals surface area contributed by atoms with Crippen molar-refractivity contribution in [2.75, 3.05) is 18.5 Å². The number of benzene rings is 1. The van der Waals surface area contributed by atoms with E-state index in [2.05, 4.69) is 44.3 Å². The van der Waals surface area contributed by atoms with Gasteiger partial charge in [-0.3, -0.25) is 0 Å². The molecule has 0 saturated carbocycles. The zero-order valence-corrected chi connectivity index (χ0v) is 13.6. The Morgan fingerprint density at radius 1 is 1.19 bits per heavy atom. The van der Waals surface area contributed by atoms with Crippen LogP contribution in [-0.4, -0.2) is 30.5 Å². The molecule has 2 rings (SSSR count). The molecule has 3 heteroatoms. The first kappa shape index (κ1) is 16.3. The van der Waals surface area contributed by atoms with Crippen LogP contribution in [0.3, 0.4) is 0 Å². The Morgan fingerprint density at radius 2 is 1.95 bits per heavy atom. The predicted molar refractivity (Wildman–Crippen MR) is 87.8 cm³/mol. The zero-order valence-electron chi connectivity index (χ0n) is 13.6. The van der Waals surface area contributed by atoms with Gasteiger partial charge in [0.2, 0.25) is 0 Å². The molecule has 0 spiro atoms. The molecule has 2 unspecified atom stereocenters. The van der Waals surface area contributed by atoms with Gasteiger partial charge in [-0.25, -0.2) is 0 Å². The van der Waals surface area contributed by atoms with Crippen LogP contribution >= 0.6 is 0 Å². The normalized spacial score (nSPS) is 16.8. The summed E-state index contributed by atoms with van der Waals surface area (Å²) in [6.07, 6.45) is 4.43. The maximum atomic E-state index is 10.00. The van der Waals surface area contributed by atoms with Crippen LogP contribution in [0.2, 0.25) is 0 Å². The van der Waals surface area contributed by atoms with Gasteiger partial charge in [0.15, 0.2) is 0 Å².